The van der Waals surface area contributed by atoms with Gasteiger partial charge in [0.2, 0.25) is 0 Å². The summed E-state index contributed by atoms with van der Waals surface area (Å²) >= 11 is 3.38. The molecule has 17 heavy (non-hydrogen) atoms. The SMILES string of the molecule is BrCCC#Cc1ccc(C2CCNCC2)cc1. The van der Waals surface area contributed by atoms with Crippen LogP contribution in [-0.2, 0) is 0 Å². The molecule has 1 N–H and O–H groups in total. The van der Waals surface area contributed by atoms with Crippen LogP contribution in [0.15, 0.2) is 24.3 Å². The largest absolute Gasteiger partial charge is 0.317 e. The maximum absolute atomic E-state index is 3.40. The van der Waals surface area contributed by atoms with Crippen LogP contribution in [0.4, 0.5) is 0 Å². The highest BCUT2D eigenvalue weighted by Gasteiger charge is 2.14. The van der Waals surface area contributed by atoms with Gasteiger partial charge < -0.3 is 5.32 Å². The first kappa shape index (κ1) is 12.7. The van der Waals surface area contributed by atoms with Gasteiger partial charge in [-0.3, -0.25) is 0 Å². The van der Waals surface area contributed by atoms with Crippen molar-refractivity contribution in [1.29, 1.82) is 0 Å². The second-order valence-electron chi connectivity index (χ2n) is 4.39. The summed E-state index contributed by atoms with van der Waals surface area (Å²) in [6.07, 6.45) is 3.43. The van der Waals surface area contributed by atoms with E-state index in [1.165, 1.54) is 18.4 Å². The van der Waals surface area contributed by atoms with Crippen LogP contribution in [0.2, 0.25) is 0 Å². The highest BCUT2D eigenvalue weighted by molar-refractivity contribution is 9.09. The summed E-state index contributed by atoms with van der Waals surface area (Å²) in [5.74, 6) is 7.06. The molecule has 1 fully saturated rings. The molecule has 1 saturated heterocycles. The van der Waals surface area contributed by atoms with Gasteiger partial charge in [-0.25, -0.2) is 0 Å². The molecule has 0 atom stereocenters. The van der Waals surface area contributed by atoms with E-state index < -0.39 is 0 Å². The lowest BCUT2D eigenvalue weighted by Gasteiger charge is -2.22. The maximum atomic E-state index is 3.40. The molecule has 1 aromatic rings. The van der Waals surface area contributed by atoms with Crippen LogP contribution in [0, 0.1) is 11.8 Å². The van der Waals surface area contributed by atoms with E-state index >= 15 is 0 Å². The Balaban J connectivity index is 2.00. The highest BCUT2D eigenvalue weighted by atomic mass is 79.9. The second kappa shape index (κ2) is 6.83. The smallest absolute Gasteiger partial charge is 0.0245 e. The summed E-state index contributed by atoms with van der Waals surface area (Å²) < 4.78 is 0. The van der Waals surface area contributed by atoms with Crippen molar-refractivity contribution in [2.45, 2.75) is 25.2 Å². The molecule has 0 saturated carbocycles. The number of piperidine rings is 1. The Morgan fingerprint density at radius 3 is 2.53 bits per heavy atom. The molecule has 0 bridgehead atoms. The second-order valence-corrected chi connectivity index (χ2v) is 5.18. The highest BCUT2D eigenvalue weighted by Crippen LogP contribution is 2.24. The zero-order valence-corrected chi connectivity index (χ0v) is 11.6. The molecule has 0 spiro atoms. The normalized spacial score (nSPS) is 16.3. The van der Waals surface area contributed by atoms with E-state index in [4.69, 9.17) is 0 Å². The predicted molar refractivity (Wildman–Crippen MR) is 76.6 cm³/mol. The Morgan fingerprint density at radius 2 is 1.88 bits per heavy atom. The minimum absolute atomic E-state index is 0.737. The monoisotopic (exact) mass is 291 g/mol. The van der Waals surface area contributed by atoms with Crippen molar-refractivity contribution in [2.24, 2.45) is 0 Å². The van der Waals surface area contributed by atoms with Gasteiger partial charge in [-0.1, -0.05) is 39.9 Å². The van der Waals surface area contributed by atoms with Gasteiger partial charge in [-0.05, 0) is 49.5 Å². The molecule has 2 heteroatoms. The van der Waals surface area contributed by atoms with Gasteiger partial charge in [-0.15, -0.1) is 0 Å². The quantitative estimate of drug-likeness (QED) is 0.651. The third kappa shape index (κ3) is 3.87. The summed E-state index contributed by atoms with van der Waals surface area (Å²) in [7, 11) is 0. The molecule has 1 aliphatic heterocycles. The Kier molecular flexibility index (Phi) is 5.09. The van der Waals surface area contributed by atoms with Gasteiger partial charge in [0.15, 0.2) is 0 Å². The van der Waals surface area contributed by atoms with Crippen molar-refractivity contribution in [3.8, 4) is 11.8 Å². The Bertz CT molecular complexity index is 393. The Labute approximate surface area is 112 Å². The van der Waals surface area contributed by atoms with Crippen LogP contribution in [-0.4, -0.2) is 18.4 Å². The zero-order valence-electron chi connectivity index (χ0n) is 10.0. The van der Waals surface area contributed by atoms with E-state index in [2.05, 4.69) is 57.4 Å². The van der Waals surface area contributed by atoms with Gasteiger partial charge in [-0.2, -0.15) is 0 Å². The zero-order chi connectivity index (χ0) is 11.9. The molecule has 1 aromatic carbocycles. The fourth-order valence-electron chi connectivity index (χ4n) is 2.21. The summed E-state index contributed by atoms with van der Waals surface area (Å²) in [5.41, 5.74) is 2.60. The van der Waals surface area contributed by atoms with Crippen molar-refractivity contribution in [3.63, 3.8) is 0 Å². The first-order valence-corrected chi connectivity index (χ1v) is 7.38. The third-order valence-electron chi connectivity index (χ3n) is 3.17. The van der Waals surface area contributed by atoms with E-state index in [0.717, 1.165) is 36.3 Å². The predicted octanol–water partition coefficient (Wildman–Crippen LogP) is 3.29. The van der Waals surface area contributed by atoms with Crippen LogP contribution >= 0.6 is 15.9 Å². The van der Waals surface area contributed by atoms with Crippen LogP contribution in [0.1, 0.15) is 36.3 Å². The van der Waals surface area contributed by atoms with Crippen LogP contribution in [0.3, 0.4) is 0 Å². The van der Waals surface area contributed by atoms with Gasteiger partial charge >= 0.3 is 0 Å². The van der Waals surface area contributed by atoms with Crippen LogP contribution in [0.25, 0.3) is 0 Å². The Morgan fingerprint density at radius 1 is 1.18 bits per heavy atom. The van der Waals surface area contributed by atoms with E-state index in [0.29, 0.717) is 0 Å². The molecule has 1 aliphatic rings. The third-order valence-corrected chi connectivity index (χ3v) is 3.57. The molecule has 90 valence electrons. The summed E-state index contributed by atoms with van der Waals surface area (Å²) in [5, 5.41) is 4.35. The maximum Gasteiger partial charge on any atom is 0.0245 e. The lowest BCUT2D eigenvalue weighted by Crippen LogP contribution is -2.26. The van der Waals surface area contributed by atoms with E-state index in [-0.39, 0.29) is 0 Å². The van der Waals surface area contributed by atoms with E-state index in [1.807, 2.05) is 0 Å². The number of nitrogens with one attached hydrogen (secondary N) is 1. The number of hydrogen-bond donors (Lipinski definition) is 1. The average Bonchev–Trinajstić information content (AvgIpc) is 2.41. The summed E-state index contributed by atoms with van der Waals surface area (Å²) in [6, 6.07) is 8.79. The first-order chi connectivity index (χ1) is 8.40. The van der Waals surface area contributed by atoms with Gasteiger partial charge in [0.05, 0.1) is 0 Å². The van der Waals surface area contributed by atoms with Crippen LogP contribution in [0.5, 0.6) is 0 Å². The molecule has 0 aliphatic carbocycles. The fourth-order valence-corrected chi connectivity index (χ4v) is 2.40. The minimum Gasteiger partial charge on any atom is -0.317 e. The molecule has 2 rings (SSSR count). The minimum atomic E-state index is 0.737. The average molecular weight is 292 g/mol. The molecular formula is C15H18BrN. The molecule has 0 aromatic heterocycles. The van der Waals surface area contributed by atoms with Crippen molar-refractivity contribution >= 4 is 15.9 Å². The molecule has 0 amide bonds. The van der Waals surface area contributed by atoms with Gasteiger partial charge in [0, 0.05) is 17.3 Å². The summed E-state index contributed by atoms with van der Waals surface area (Å²) in [6.45, 7) is 2.30. The Hall–Kier alpha value is -0.780. The number of halogens is 1. The molecule has 1 nitrogen and oxygen atoms in total. The van der Waals surface area contributed by atoms with Crippen molar-refractivity contribution in [1.82, 2.24) is 5.32 Å². The van der Waals surface area contributed by atoms with Gasteiger partial charge in [0.1, 0.15) is 0 Å². The first-order valence-electron chi connectivity index (χ1n) is 6.25. The van der Waals surface area contributed by atoms with Crippen molar-refractivity contribution in [2.75, 3.05) is 18.4 Å². The molecule has 0 unspecified atom stereocenters. The van der Waals surface area contributed by atoms with Crippen LogP contribution < -0.4 is 5.32 Å². The molecular weight excluding hydrogens is 274 g/mol. The number of rotatable bonds is 2. The van der Waals surface area contributed by atoms with E-state index in [1.54, 1.807) is 0 Å². The lowest BCUT2D eigenvalue weighted by molar-refractivity contribution is 0.460. The van der Waals surface area contributed by atoms with Crippen molar-refractivity contribution < 1.29 is 0 Å². The topological polar surface area (TPSA) is 12.0 Å². The standard InChI is InChI=1S/C15H18BrN/c16-10-2-1-3-13-4-6-14(7-5-13)15-8-11-17-12-9-15/h4-7,15,17H,2,8-12H2. The van der Waals surface area contributed by atoms with Crippen molar-refractivity contribution in [3.05, 3.63) is 35.4 Å². The number of hydrogen-bond acceptors (Lipinski definition) is 1. The summed E-state index contributed by atoms with van der Waals surface area (Å²) in [4.78, 5) is 0. The number of alkyl halides is 1. The van der Waals surface area contributed by atoms with Gasteiger partial charge in [0.25, 0.3) is 0 Å². The lowest BCUT2D eigenvalue weighted by atomic mass is 9.90. The molecule has 0 radical (unpaired) electrons. The fraction of sp³-hybridized carbons (Fsp3) is 0.467. The number of benzene rings is 1. The van der Waals surface area contributed by atoms with E-state index in [9.17, 15) is 0 Å². The molecule has 1 heterocycles.